The number of amides is 2. The third kappa shape index (κ3) is 7.27. The molecule has 9 heteroatoms. The first-order chi connectivity index (χ1) is 10.9. The van der Waals surface area contributed by atoms with Gasteiger partial charge in [-0.25, -0.2) is 0 Å². The van der Waals surface area contributed by atoms with Crippen LogP contribution >= 0.6 is 0 Å². The van der Waals surface area contributed by atoms with Gasteiger partial charge in [0, 0.05) is 38.8 Å². The topological polar surface area (TPSA) is 117 Å². The van der Waals surface area contributed by atoms with E-state index in [1.807, 2.05) is 13.8 Å². The minimum atomic E-state index is -0.328. The molecular formula is C14H24N6O3. The van der Waals surface area contributed by atoms with E-state index in [0.717, 1.165) is 0 Å². The van der Waals surface area contributed by atoms with E-state index in [4.69, 9.17) is 4.74 Å². The molecule has 9 nitrogen and oxygen atoms in total. The average molecular weight is 324 g/mol. The van der Waals surface area contributed by atoms with Crippen molar-refractivity contribution in [1.29, 1.82) is 0 Å². The van der Waals surface area contributed by atoms with E-state index < -0.39 is 0 Å². The highest BCUT2D eigenvalue weighted by Crippen LogP contribution is 2.32. The monoisotopic (exact) mass is 324 g/mol. The number of rotatable bonds is 12. The number of nitrogens with zero attached hydrogens (tertiary/aromatic N) is 4. The second-order valence-electron chi connectivity index (χ2n) is 6.15. The lowest BCUT2D eigenvalue weighted by Crippen LogP contribution is -2.30. The van der Waals surface area contributed by atoms with Crippen molar-refractivity contribution in [1.82, 2.24) is 10.6 Å². The highest BCUT2D eigenvalue weighted by Gasteiger charge is 2.34. The van der Waals surface area contributed by atoms with Gasteiger partial charge in [-0.15, -0.1) is 0 Å². The van der Waals surface area contributed by atoms with Crippen molar-refractivity contribution >= 4 is 11.8 Å². The van der Waals surface area contributed by atoms with E-state index in [2.05, 4.69) is 31.1 Å². The lowest BCUT2D eigenvalue weighted by atomic mass is 10.1. The molecule has 0 saturated carbocycles. The fourth-order valence-corrected chi connectivity index (χ4v) is 1.88. The molecule has 2 aliphatic rings. The quantitative estimate of drug-likeness (QED) is 0.524. The van der Waals surface area contributed by atoms with Crippen LogP contribution < -0.4 is 10.6 Å². The summed E-state index contributed by atoms with van der Waals surface area (Å²) in [5.74, 6) is -0.0466. The van der Waals surface area contributed by atoms with E-state index in [0.29, 0.717) is 52.0 Å². The Kier molecular flexibility index (Phi) is 5.75. The van der Waals surface area contributed by atoms with Crippen LogP contribution in [0.25, 0.3) is 0 Å². The lowest BCUT2D eigenvalue weighted by Gasteiger charge is -2.08. The van der Waals surface area contributed by atoms with Gasteiger partial charge in [0.15, 0.2) is 11.3 Å². The number of carbonyl (C=O) groups excluding carboxylic acids is 2. The molecule has 2 heterocycles. The maximum Gasteiger partial charge on any atom is 0.220 e. The van der Waals surface area contributed by atoms with Gasteiger partial charge in [-0.1, -0.05) is 0 Å². The van der Waals surface area contributed by atoms with Gasteiger partial charge in [-0.2, -0.15) is 20.5 Å². The summed E-state index contributed by atoms with van der Waals surface area (Å²) in [6.45, 7) is 5.55. The van der Waals surface area contributed by atoms with Gasteiger partial charge in [-0.3, -0.25) is 9.59 Å². The van der Waals surface area contributed by atoms with Crippen molar-refractivity contribution < 1.29 is 14.3 Å². The Bertz CT molecular complexity index is 449. The van der Waals surface area contributed by atoms with E-state index in [9.17, 15) is 9.59 Å². The highest BCUT2D eigenvalue weighted by atomic mass is 16.5. The van der Waals surface area contributed by atoms with Crippen LogP contribution in [-0.2, 0) is 14.3 Å². The molecule has 0 unspecified atom stereocenters. The summed E-state index contributed by atoms with van der Waals surface area (Å²) in [6, 6.07) is 0. The summed E-state index contributed by atoms with van der Waals surface area (Å²) in [6.07, 6.45) is 2.12. The number of hydrogen-bond donors (Lipinski definition) is 2. The van der Waals surface area contributed by atoms with Crippen LogP contribution in [0.15, 0.2) is 20.5 Å². The standard InChI is InChI=1S/C14H24N6O3/c1-13(17-18-13)5-3-11(21)15-7-9-23-10-8-16-12(22)4-6-14(2)19-20-14/h3-10H2,1-2H3,(H,15,21)(H,16,22). The molecule has 0 saturated heterocycles. The summed E-state index contributed by atoms with van der Waals surface area (Å²) >= 11 is 0. The molecule has 2 rings (SSSR count). The minimum absolute atomic E-state index is 0.0233. The zero-order valence-electron chi connectivity index (χ0n) is 13.7. The highest BCUT2D eigenvalue weighted by molar-refractivity contribution is 5.76. The Hall–Kier alpha value is -1.90. The van der Waals surface area contributed by atoms with E-state index in [1.54, 1.807) is 0 Å². The van der Waals surface area contributed by atoms with Crippen molar-refractivity contribution in [3.8, 4) is 0 Å². The average Bonchev–Trinajstić information content (AvgIpc) is 3.43. The molecule has 0 bridgehead atoms. The predicted octanol–water partition coefficient (Wildman–Crippen LogP) is 1.16. The maximum atomic E-state index is 11.5. The first-order valence-corrected chi connectivity index (χ1v) is 7.90. The van der Waals surface area contributed by atoms with E-state index in [-0.39, 0.29) is 23.1 Å². The molecule has 23 heavy (non-hydrogen) atoms. The second-order valence-corrected chi connectivity index (χ2v) is 6.15. The summed E-state index contributed by atoms with van der Waals surface area (Å²) in [5, 5.41) is 21.0. The normalized spacial score (nSPS) is 18.5. The van der Waals surface area contributed by atoms with E-state index >= 15 is 0 Å². The minimum Gasteiger partial charge on any atom is -0.378 e. The number of ether oxygens (including phenoxy) is 1. The Labute approximate surface area is 135 Å². The Morgan fingerprint density at radius 2 is 1.22 bits per heavy atom. The van der Waals surface area contributed by atoms with Crippen molar-refractivity contribution in [3.05, 3.63) is 0 Å². The molecule has 2 aliphatic heterocycles. The summed E-state index contributed by atoms with van der Waals surface area (Å²) < 4.78 is 5.35. The van der Waals surface area contributed by atoms with Gasteiger partial charge in [0.1, 0.15) is 0 Å². The van der Waals surface area contributed by atoms with Crippen molar-refractivity contribution in [2.24, 2.45) is 20.5 Å². The molecule has 0 aromatic heterocycles. The Morgan fingerprint density at radius 1 is 0.826 bits per heavy atom. The summed E-state index contributed by atoms with van der Waals surface area (Å²) in [4.78, 5) is 23.1. The van der Waals surface area contributed by atoms with Gasteiger partial charge in [0.2, 0.25) is 11.8 Å². The van der Waals surface area contributed by atoms with Gasteiger partial charge in [-0.05, 0) is 13.8 Å². The number of hydrogen-bond acceptors (Lipinski definition) is 7. The first kappa shape index (κ1) is 17.5. The molecule has 0 atom stereocenters. The van der Waals surface area contributed by atoms with Gasteiger partial charge < -0.3 is 15.4 Å². The molecule has 128 valence electrons. The van der Waals surface area contributed by atoms with Gasteiger partial charge in [0.05, 0.1) is 13.2 Å². The van der Waals surface area contributed by atoms with Crippen LogP contribution in [-0.4, -0.2) is 49.4 Å². The van der Waals surface area contributed by atoms with Gasteiger partial charge in [0.25, 0.3) is 0 Å². The summed E-state index contributed by atoms with van der Waals surface area (Å²) in [5.41, 5.74) is -0.656. The fourth-order valence-electron chi connectivity index (χ4n) is 1.88. The van der Waals surface area contributed by atoms with Crippen molar-refractivity contribution in [2.75, 3.05) is 26.3 Å². The molecule has 0 aromatic carbocycles. The molecule has 2 amide bonds. The smallest absolute Gasteiger partial charge is 0.220 e. The van der Waals surface area contributed by atoms with Crippen LogP contribution in [0.5, 0.6) is 0 Å². The maximum absolute atomic E-state index is 11.5. The van der Waals surface area contributed by atoms with Crippen molar-refractivity contribution in [3.63, 3.8) is 0 Å². The van der Waals surface area contributed by atoms with Crippen LogP contribution in [0.1, 0.15) is 39.5 Å². The third-order valence-electron chi connectivity index (χ3n) is 3.67. The molecular weight excluding hydrogens is 300 g/mol. The van der Waals surface area contributed by atoms with Crippen molar-refractivity contribution in [2.45, 2.75) is 50.9 Å². The fraction of sp³-hybridized carbons (Fsp3) is 0.857. The molecule has 0 aromatic rings. The largest absolute Gasteiger partial charge is 0.378 e. The zero-order valence-corrected chi connectivity index (χ0v) is 13.7. The molecule has 0 aliphatic carbocycles. The van der Waals surface area contributed by atoms with Gasteiger partial charge >= 0.3 is 0 Å². The third-order valence-corrected chi connectivity index (χ3v) is 3.67. The number of carbonyl (C=O) groups is 2. The summed E-state index contributed by atoms with van der Waals surface area (Å²) in [7, 11) is 0. The van der Waals surface area contributed by atoms with E-state index in [1.165, 1.54) is 0 Å². The Balaban J connectivity index is 1.34. The van der Waals surface area contributed by atoms with Crippen LogP contribution in [0.2, 0.25) is 0 Å². The lowest BCUT2D eigenvalue weighted by molar-refractivity contribution is -0.122. The molecule has 2 N–H and O–H groups in total. The SMILES string of the molecule is CC1(CCC(=O)NCCOCCNC(=O)CCC2(C)N=N2)N=N1. The van der Waals surface area contributed by atoms with Crippen LogP contribution in [0.3, 0.4) is 0 Å². The predicted molar refractivity (Wildman–Crippen MR) is 81.8 cm³/mol. The zero-order chi connectivity index (χ0) is 16.8. The van der Waals surface area contributed by atoms with Crippen LogP contribution in [0.4, 0.5) is 0 Å². The molecule has 0 fully saturated rings. The second kappa shape index (κ2) is 7.58. The molecule has 0 radical (unpaired) electrons. The Morgan fingerprint density at radius 3 is 1.57 bits per heavy atom. The number of nitrogens with one attached hydrogen (secondary N) is 2. The van der Waals surface area contributed by atoms with Crippen LogP contribution in [0, 0.1) is 0 Å². The molecule has 0 spiro atoms. The first-order valence-electron chi connectivity index (χ1n) is 7.90.